The zero-order chi connectivity index (χ0) is 14.4. The monoisotopic (exact) mass is 277 g/mol. The Labute approximate surface area is 119 Å². The highest BCUT2D eigenvalue weighted by atomic mass is 35.5. The van der Waals surface area contributed by atoms with E-state index in [4.69, 9.17) is 20.9 Å². The third-order valence-electron chi connectivity index (χ3n) is 3.95. The largest absolute Gasteiger partial charge is 0.496 e. The van der Waals surface area contributed by atoms with E-state index >= 15 is 0 Å². The van der Waals surface area contributed by atoms with Gasteiger partial charge in [-0.3, -0.25) is 0 Å². The van der Waals surface area contributed by atoms with Gasteiger partial charge in [0, 0.05) is 10.5 Å². The Kier molecular flexibility index (Phi) is 3.42. The average molecular weight is 278 g/mol. The van der Waals surface area contributed by atoms with Crippen molar-refractivity contribution in [3.8, 4) is 6.07 Å². The molecule has 1 aliphatic heterocycles. The number of aryl methyl sites for hydroxylation is 1. The fourth-order valence-corrected chi connectivity index (χ4v) is 2.36. The molecule has 0 spiro atoms. The number of benzene rings is 1. The van der Waals surface area contributed by atoms with Crippen LogP contribution < -0.4 is 5.46 Å². The SMILES string of the molecule is Cc1cc(Cl)cc(B2OC(C)(C)C(C)(C)O2)c1C#N. The second kappa shape index (κ2) is 4.52. The maximum atomic E-state index is 9.31. The molecule has 1 saturated heterocycles. The van der Waals surface area contributed by atoms with Crippen molar-refractivity contribution in [2.24, 2.45) is 0 Å². The van der Waals surface area contributed by atoms with Gasteiger partial charge in [-0.15, -0.1) is 0 Å². The van der Waals surface area contributed by atoms with E-state index in [9.17, 15) is 5.26 Å². The quantitative estimate of drug-likeness (QED) is 0.741. The molecule has 1 aromatic carbocycles. The van der Waals surface area contributed by atoms with Gasteiger partial charge in [-0.25, -0.2) is 0 Å². The van der Waals surface area contributed by atoms with Crippen molar-refractivity contribution >= 4 is 24.2 Å². The molecule has 0 atom stereocenters. The second-order valence-corrected chi connectivity index (χ2v) is 6.32. The molecule has 2 rings (SSSR count). The third kappa shape index (κ3) is 2.39. The summed E-state index contributed by atoms with van der Waals surface area (Å²) in [6.07, 6.45) is 0. The first-order chi connectivity index (χ1) is 8.68. The first-order valence-electron chi connectivity index (χ1n) is 6.24. The topological polar surface area (TPSA) is 42.2 Å². The first kappa shape index (κ1) is 14.4. The van der Waals surface area contributed by atoms with E-state index in [2.05, 4.69) is 6.07 Å². The fourth-order valence-electron chi connectivity index (χ4n) is 2.08. The van der Waals surface area contributed by atoms with E-state index in [1.165, 1.54) is 0 Å². The summed E-state index contributed by atoms with van der Waals surface area (Å²) in [4.78, 5) is 0. The molecule has 3 nitrogen and oxygen atoms in total. The standard InChI is InChI=1S/C14H17BClNO2/c1-9-6-10(16)7-12(11(9)8-17)15-18-13(2,3)14(4,5)19-15/h6-7H,1-5H3. The summed E-state index contributed by atoms with van der Waals surface area (Å²) < 4.78 is 11.9. The van der Waals surface area contributed by atoms with Crippen LogP contribution in [0.1, 0.15) is 38.8 Å². The molecule has 0 radical (unpaired) electrons. The smallest absolute Gasteiger partial charge is 0.399 e. The van der Waals surface area contributed by atoms with Gasteiger partial charge >= 0.3 is 7.12 Å². The Hall–Kier alpha value is -1.02. The molecular weight excluding hydrogens is 260 g/mol. The van der Waals surface area contributed by atoms with E-state index in [0.717, 1.165) is 5.56 Å². The maximum absolute atomic E-state index is 9.31. The molecule has 0 amide bonds. The number of nitrogens with zero attached hydrogens (tertiary/aromatic N) is 1. The minimum atomic E-state index is -0.558. The van der Waals surface area contributed by atoms with E-state index in [-0.39, 0.29) is 0 Å². The molecule has 5 heteroatoms. The molecule has 1 heterocycles. The molecular formula is C14H17BClNO2. The molecule has 0 aromatic heterocycles. The number of hydrogen-bond donors (Lipinski definition) is 0. The molecule has 100 valence electrons. The second-order valence-electron chi connectivity index (χ2n) is 5.89. The molecule has 0 unspecified atom stereocenters. The minimum Gasteiger partial charge on any atom is -0.399 e. The van der Waals surface area contributed by atoms with Crippen molar-refractivity contribution in [3.63, 3.8) is 0 Å². The van der Waals surface area contributed by atoms with Crippen molar-refractivity contribution in [2.75, 3.05) is 0 Å². The summed E-state index contributed by atoms with van der Waals surface area (Å²) in [5, 5.41) is 9.89. The number of nitriles is 1. The van der Waals surface area contributed by atoms with Crippen LogP contribution >= 0.6 is 11.6 Å². The highest BCUT2D eigenvalue weighted by Crippen LogP contribution is 2.37. The van der Waals surface area contributed by atoms with Crippen LogP contribution in [-0.4, -0.2) is 18.3 Å². The van der Waals surface area contributed by atoms with Crippen LogP contribution in [0.15, 0.2) is 12.1 Å². The van der Waals surface area contributed by atoms with Crippen molar-refractivity contribution in [3.05, 3.63) is 28.3 Å². The molecule has 1 fully saturated rings. The summed E-state index contributed by atoms with van der Waals surface area (Å²) >= 11 is 6.08. The van der Waals surface area contributed by atoms with Gasteiger partial charge < -0.3 is 9.31 Å². The Bertz CT molecular complexity index is 547. The lowest BCUT2D eigenvalue weighted by Crippen LogP contribution is -2.41. The molecule has 1 aromatic rings. The van der Waals surface area contributed by atoms with Gasteiger partial charge in [0.25, 0.3) is 0 Å². The third-order valence-corrected chi connectivity index (χ3v) is 4.17. The van der Waals surface area contributed by atoms with Crippen LogP contribution in [0.5, 0.6) is 0 Å². The number of halogens is 1. The van der Waals surface area contributed by atoms with Gasteiger partial charge in [0.15, 0.2) is 0 Å². The van der Waals surface area contributed by atoms with E-state index in [1.54, 1.807) is 12.1 Å². The van der Waals surface area contributed by atoms with Gasteiger partial charge in [-0.1, -0.05) is 11.6 Å². The summed E-state index contributed by atoms with van der Waals surface area (Å²) in [5.41, 5.74) is 1.25. The van der Waals surface area contributed by atoms with Crippen molar-refractivity contribution in [1.29, 1.82) is 5.26 Å². The summed E-state index contributed by atoms with van der Waals surface area (Å²) in [5.74, 6) is 0. The number of rotatable bonds is 1. The zero-order valence-corrected chi connectivity index (χ0v) is 12.6. The van der Waals surface area contributed by atoms with Gasteiger partial charge in [0.05, 0.1) is 22.8 Å². The van der Waals surface area contributed by atoms with Crippen LogP contribution in [0.25, 0.3) is 0 Å². The minimum absolute atomic E-state index is 0.430. The first-order valence-corrected chi connectivity index (χ1v) is 6.61. The van der Waals surface area contributed by atoms with Gasteiger partial charge in [0.2, 0.25) is 0 Å². The molecule has 1 aliphatic rings. The molecule has 0 saturated carbocycles. The predicted molar refractivity (Wildman–Crippen MR) is 76.6 cm³/mol. The summed E-state index contributed by atoms with van der Waals surface area (Å²) in [7, 11) is -0.558. The Balaban J connectivity index is 2.48. The maximum Gasteiger partial charge on any atom is 0.496 e. The van der Waals surface area contributed by atoms with Crippen LogP contribution in [0.2, 0.25) is 5.02 Å². The van der Waals surface area contributed by atoms with Gasteiger partial charge in [0.1, 0.15) is 0 Å². The lowest BCUT2D eigenvalue weighted by atomic mass is 9.75. The lowest BCUT2D eigenvalue weighted by Gasteiger charge is -2.32. The van der Waals surface area contributed by atoms with Crippen LogP contribution in [0.4, 0.5) is 0 Å². The van der Waals surface area contributed by atoms with Crippen molar-refractivity contribution in [1.82, 2.24) is 0 Å². The van der Waals surface area contributed by atoms with Crippen molar-refractivity contribution in [2.45, 2.75) is 45.8 Å². The van der Waals surface area contributed by atoms with Crippen LogP contribution in [-0.2, 0) is 9.31 Å². The summed E-state index contributed by atoms with van der Waals surface area (Å²) in [6.45, 7) is 9.79. The normalized spacial score (nSPS) is 20.4. The number of hydrogen-bond acceptors (Lipinski definition) is 3. The molecule has 0 bridgehead atoms. The van der Waals surface area contributed by atoms with E-state index in [0.29, 0.717) is 16.0 Å². The average Bonchev–Trinajstić information content (AvgIpc) is 2.47. The van der Waals surface area contributed by atoms with E-state index < -0.39 is 18.3 Å². The fraction of sp³-hybridized carbons (Fsp3) is 0.500. The zero-order valence-electron chi connectivity index (χ0n) is 11.9. The Morgan fingerprint density at radius 3 is 2.16 bits per heavy atom. The van der Waals surface area contributed by atoms with Crippen LogP contribution in [0, 0.1) is 18.3 Å². The summed E-state index contributed by atoms with van der Waals surface area (Å²) in [6, 6.07) is 5.72. The highest BCUT2D eigenvalue weighted by Gasteiger charge is 2.52. The molecule has 0 N–H and O–H groups in total. The van der Waals surface area contributed by atoms with Crippen LogP contribution in [0.3, 0.4) is 0 Å². The van der Waals surface area contributed by atoms with Crippen molar-refractivity contribution < 1.29 is 9.31 Å². The molecule has 0 aliphatic carbocycles. The lowest BCUT2D eigenvalue weighted by molar-refractivity contribution is 0.00578. The Morgan fingerprint density at radius 1 is 1.16 bits per heavy atom. The highest BCUT2D eigenvalue weighted by molar-refractivity contribution is 6.63. The Morgan fingerprint density at radius 2 is 1.68 bits per heavy atom. The van der Waals surface area contributed by atoms with Gasteiger partial charge in [-0.2, -0.15) is 5.26 Å². The van der Waals surface area contributed by atoms with E-state index in [1.807, 2.05) is 34.6 Å². The van der Waals surface area contributed by atoms with Gasteiger partial charge in [-0.05, 0) is 52.3 Å². The molecule has 19 heavy (non-hydrogen) atoms. The predicted octanol–water partition coefficient (Wildman–Crippen LogP) is 2.82.